The molecule has 1 saturated carbocycles. The fourth-order valence-corrected chi connectivity index (χ4v) is 3.19. The quantitative estimate of drug-likeness (QED) is 0.840. The van der Waals surface area contributed by atoms with Crippen molar-refractivity contribution in [1.29, 1.82) is 0 Å². The van der Waals surface area contributed by atoms with Gasteiger partial charge >= 0.3 is 0 Å². The molecule has 1 N–H and O–H groups in total. The van der Waals surface area contributed by atoms with Crippen LogP contribution in [0.2, 0.25) is 0 Å². The van der Waals surface area contributed by atoms with E-state index >= 15 is 0 Å². The van der Waals surface area contributed by atoms with Crippen molar-refractivity contribution in [1.82, 2.24) is 15.1 Å². The van der Waals surface area contributed by atoms with Crippen molar-refractivity contribution in [2.45, 2.75) is 84.8 Å². The molecule has 1 aromatic heterocycles. The van der Waals surface area contributed by atoms with E-state index in [0.29, 0.717) is 17.5 Å². The second-order valence-electron chi connectivity index (χ2n) is 7.08. The van der Waals surface area contributed by atoms with E-state index in [1.54, 1.807) is 0 Å². The first-order chi connectivity index (χ1) is 9.54. The normalized spacial score (nSPS) is 19.6. The number of nitrogens with one attached hydrogen (secondary N) is 1. The van der Waals surface area contributed by atoms with Crippen molar-refractivity contribution in [2.24, 2.45) is 5.41 Å². The van der Waals surface area contributed by atoms with Crippen molar-refractivity contribution in [3.63, 3.8) is 0 Å². The molecule has 0 spiro atoms. The van der Waals surface area contributed by atoms with Crippen LogP contribution in [-0.2, 0) is 6.54 Å². The molecule has 20 heavy (non-hydrogen) atoms. The fraction of sp³-hybridized carbons (Fsp3) is 0.824. The average Bonchev–Trinajstić information content (AvgIpc) is 2.88. The lowest BCUT2D eigenvalue weighted by Gasteiger charge is -2.34. The van der Waals surface area contributed by atoms with Gasteiger partial charge < -0.3 is 5.32 Å². The Labute approximate surface area is 124 Å². The van der Waals surface area contributed by atoms with Crippen LogP contribution < -0.4 is 5.32 Å². The highest BCUT2D eigenvalue weighted by molar-refractivity contribution is 5.00. The topological polar surface area (TPSA) is 29.9 Å². The molecular weight excluding hydrogens is 246 g/mol. The molecule has 0 aliphatic heterocycles. The standard InChI is InChI=1S/C17H31N3/c1-5-16(6-2)20-12-9-15(19-20)13-18-14-7-10-17(3,4)11-8-14/h9,12,14,16,18H,5-8,10-11,13H2,1-4H3. The Morgan fingerprint density at radius 1 is 1.30 bits per heavy atom. The zero-order valence-electron chi connectivity index (χ0n) is 13.7. The molecule has 0 atom stereocenters. The summed E-state index contributed by atoms with van der Waals surface area (Å²) >= 11 is 0. The van der Waals surface area contributed by atoms with Gasteiger partial charge in [0.1, 0.15) is 0 Å². The van der Waals surface area contributed by atoms with Gasteiger partial charge in [-0.1, -0.05) is 27.7 Å². The number of nitrogens with zero attached hydrogens (tertiary/aromatic N) is 2. The Morgan fingerprint density at radius 3 is 2.55 bits per heavy atom. The fourth-order valence-electron chi connectivity index (χ4n) is 3.19. The van der Waals surface area contributed by atoms with Crippen LogP contribution in [0.5, 0.6) is 0 Å². The molecule has 3 nitrogen and oxygen atoms in total. The molecule has 2 rings (SSSR count). The zero-order valence-corrected chi connectivity index (χ0v) is 13.7. The summed E-state index contributed by atoms with van der Waals surface area (Å²) in [5.41, 5.74) is 1.73. The third-order valence-corrected chi connectivity index (χ3v) is 4.89. The molecule has 0 unspecified atom stereocenters. The molecule has 1 aliphatic rings. The van der Waals surface area contributed by atoms with Crippen LogP contribution in [-0.4, -0.2) is 15.8 Å². The highest BCUT2D eigenvalue weighted by Crippen LogP contribution is 2.35. The molecule has 1 fully saturated rings. The summed E-state index contributed by atoms with van der Waals surface area (Å²) in [5, 5.41) is 8.41. The minimum absolute atomic E-state index is 0.551. The predicted octanol–water partition coefficient (Wildman–Crippen LogP) is 4.30. The Balaban J connectivity index is 1.80. The Kier molecular flexibility index (Phi) is 5.25. The molecule has 1 aliphatic carbocycles. The first-order valence-corrected chi connectivity index (χ1v) is 8.31. The summed E-state index contributed by atoms with van der Waals surface area (Å²) in [6.45, 7) is 10.2. The Morgan fingerprint density at radius 2 is 1.95 bits per heavy atom. The number of hydrogen-bond acceptors (Lipinski definition) is 2. The lowest BCUT2D eigenvalue weighted by Crippen LogP contribution is -2.35. The second-order valence-corrected chi connectivity index (χ2v) is 7.08. The maximum absolute atomic E-state index is 4.72. The molecule has 1 heterocycles. The number of aromatic nitrogens is 2. The van der Waals surface area contributed by atoms with E-state index in [9.17, 15) is 0 Å². The van der Waals surface area contributed by atoms with Crippen LogP contribution in [0.1, 0.15) is 78.0 Å². The first-order valence-electron chi connectivity index (χ1n) is 8.31. The van der Waals surface area contributed by atoms with Gasteiger partial charge in [0.05, 0.1) is 11.7 Å². The maximum Gasteiger partial charge on any atom is 0.0762 e. The minimum Gasteiger partial charge on any atom is -0.308 e. The van der Waals surface area contributed by atoms with E-state index in [4.69, 9.17) is 5.10 Å². The minimum atomic E-state index is 0.551. The van der Waals surface area contributed by atoms with Crippen molar-refractivity contribution < 1.29 is 0 Å². The van der Waals surface area contributed by atoms with Crippen molar-refractivity contribution in [3.8, 4) is 0 Å². The van der Waals surface area contributed by atoms with Crippen molar-refractivity contribution >= 4 is 0 Å². The monoisotopic (exact) mass is 277 g/mol. The van der Waals surface area contributed by atoms with Gasteiger partial charge in [0.25, 0.3) is 0 Å². The molecule has 0 radical (unpaired) electrons. The van der Waals surface area contributed by atoms with Crippen LogP contribution in [0, 0.1) is 5.41 Å². The molecule has 0 aromatic carbocycles. The summed E-state index contributed by atoms with van der Waals surface area (Å²) in [5.74, 6) is 0. The third-order valence-electron chi connectivity index (χ3n) is 4.89. The zero-order chi connectivity index (χ0) is 14.6. The predicted molar refractivity (Wildman–Crippen MR) is 84.7 cm³/mol. The Hall–Kier alpha value is -0.830. The lowest BCUT2D eigenvalue weighted by atomic mass is 9.75. The van der Waals surface area contributed by atoms with Crippen molar-refractivity contribution in [3.05, 3.63) is 18.0 Å². The van der Waals surface area contributed by atoms with E-state index in [0.717, 1.165) is 19.4 Å². The van der Waals surface area contributed by atoms with Crippen LogP contribution in [0.3, 0.4) is 0 Å². The van der Waals surface area contributed by atoms with E-state index < -0.39 is 0 Å². The summed E-state index contributed by atoms with van der Waals surface area (Å²) < 4.78 is 2.14. The second kappa shape index (κ2) is 6.75. The van der Waals surface area contributed by atoms with E-state index in [1.807, 2.05) is 0 Å². The number of hydrogen-bond donors (Lipinski definition) is 1. The smallest absolute Gasteiger partial charge is 0.0762 e. The highest BCUT2D eigenvalue weighted by atomic mass is 15.3. The van der Waals surface area contributed by atoms with Gasteiger partial charge in [0.2, 0.25) is 0 Å². The highest BCUT2D eigenvalue weighted by Gasteiger charge is 2.26. The van der Waals surface area contributed by atoms with Gasteiger partial charge in [-0.25, -0.2) is 0 Å². The summed E-state index contributed by atoms with van der Waals surface area (Å²) in [4.78, 5) is 0. The van der Waals surface area contributed by atoms with Crippen LogP contribution in [0.15, 0.2) is 12.3 Å². The molecular formula is C17H31N3. The van der Waals surface area contributed by atoms with Gasteiger partial charge in [-0.05, 0) is 50.0 Å². The van der Waals surface area contributed by atoms with Gasteiger partial charge in [0.15, 0.2) is 0 Å². The lowest BCUT2D eigenvalue weighted by molar-refractivity contribution is 0.205. The van der Waals surface area contributed by atoms with Crippen LogP contribution >= 0.6 is 0 Å². The van der Waals surface area contributed by atoms with E-state index in [1.165, 1.54) is 31.4 Å². The van der Waals surface area contributed by atoms with Gasteiger partial charge in [-0.2, -0.15) is 5.10 Å². The maximum atomic E-state index is 4.72. The molecule has 3 heteroatoms. The summed E-state index contributed by atoms with van der Waals surface area (Å²) in [7, 11) is 0. The first kappa shape index (κ1) is 15.6. The molecule has 0 bridgehead atoms. The van der Waals surface area contributed by atoms with Gasteiger partial charge in [0, 0.05) is 18.8 Å². The van der Waals surface area contributed by atoms with Gasteiger partial charge in [-0.3, -0.25) is 4.68 Å². The average molecular weight is 277 g/mol. The molecule has 114 valence electrons. The third kappa shape index (κ3) is 4.08. The van der Waals surface area contributed by atoms with Crippen LogP contribution in [0.25, 0.3) is 0 Å². The van der Waals surface area contributed by atoms with Crippen molar-refractivity contribution in [2.75, 3.05) is 0 Å². The molecule has 0 saturated heterocycles. The SMILES string of the molecule is CCC(CC)n1ccc(CNC2CCC(C)(C)CC2)n1. The van der Waals surface area contributed by atoms with E-state index in [-0.39, 0.29) is 0 Å². The summed E-state index contributed by atoms with van der Waals surface area (Å²) in [6, 6.07) is 3.40. The van der Waals surface area contributed by atoms with Gasteiger partial charge in [-0.15, -0.1) is 0 Å². The molecule has 0 amide bonds. The number of rotatable bonds is 6. The van der Waals surface area contributed by atoms with E-state index in [2.05, 4.69) is 50.0 Å². The summed E-state index contributed by atoms with van der Waals surface area (Å²) in [6.07, 6.45) is 9.74. The molecule has 1 aromatic rings. The van der Waals surface area contributed by atoms with Crippen LogP contribution in [0.4, 0.5) is 0 Å². The Bertz CT molecular complexity index is 394. The largest absolute Gasteiger partial charge is 0.308 e.